The molecule has 0 bridgehead atoms. The summed E-state index contributed by atoms with van der Waals surface area (Å²) < 4.78 is 18.7. The number of aryl methyl sites for hydroxylation is 1. The van der Waals surface area contributed by atoms with E-state index in [2.05, 4.69) is 0 Å². The highest BCUT2D eigenvalue weighted by atomic mass is 32.1. The first kappa shape index (κ1) is 13.5. The van der Waals surface area contributed by atoms with Gasteiger partial charge in [-0.3, -0.25) is 0 Å². The van der Waals surface area contributed by atoms with E-state index in [0.717, 1.165) is 16.9 Å². The maximum absolute atomic E-state index is 13.8. The molecule has 0 amide bonds. The first-order valence-corrected chi connectivity index (χ1v) is 6.67. The smallest absolute Gasteiger partial charge is 0.350 e. The summed E-state index contributed by atoms with van der Waals surface area (Å²) in [6.45, 7) is 3.89. The standard InChI is InChI=1S/C14H14FNO2S/c1-3-18-14(17)13-11(16)7-12(19-13)9-6-8(2)4-5-10(9)15/h4-7H,3,16H2,1-2H3. The summed E-state index contributed by atoms with van der Waals surface area (Å²) in [5, 5.41) is 0. The highest BCUT2D eigenvalue weighted by Crippen LogP contribution is 2.35. The van der Waals surface area contributed by atoms with Gasteiger partial charge in [-0.1, -0.05) is 11.6 Å². The van der Waals surface area contributed by atoms with Crippen LogP contribution in [0.15, 0.2) is 24.3 Å². The van der Waals surface area contributed by atoms with Crippen molar-refractivity contribution in [3.05, 3.63) is 40.5 Å². The van der Waals surface area contributed by atoms with E-state index in [9.17, 15) is 9.18 Å². The fraction of sp³-hybridized carbons (Fsp3) is 0.214. The highest BCUT2D eigenvalue weighted by Gasteiger charge is 2.17. The predicted octanol–water partition coefficient (Wildman–Crippen LogP) is 3.62. The van der Waals surface area contributed by atoms with Crippen LogP contribution in [0.25, 0.3) is 10.4 Å². The first-order valence-electron chi connectivity index (χ1n) is 5.86. The van der Waals surface area contributed by atoms with E-state index >= 15 is 0 Å². The van der Waals surface area contributed by atoms with Gasteiger partial charge >= 0.3 is 5.97 Å². The molecule has 0 atom stereocenters. The van der Waals surface area contributed by atoms with E-state index in [1.165, 1.54) is 6.07 Å². The predicted molar refractivity (Wildman–Crippen MR) is 74.8 cm³/mol. The summed E-state index contributed by atoms with van der Waals surface area (Å²) in [7, 11) is 0. The quantitative estimate of drug-likeness (QED) is 0.873. The van der Waals surface area contributed by atoms with Crippen molar-refractivity contribution >= 4 is 23.0 Å². The number of esters is 1. The molecule has 2 N–H and O–H groups in total. The average Bonchev–Trinajstić information content (AvgIpc) is 2.74. The number of halogens is 1. The second-order valence-corrected chi connectivity index (χ2v) is 5.15. The van der Waals surface area contributed by atoms with E-state index in [4.69, 9.17) is 10.5 Å². The van der Waals surface area contributed by atoms with E-state index in [-0.39, 0.29) is 12.4 Å². The van der Waals surface area contributed by atoms with Crippen LogP contribution >= 0.6 is 11.3 Å². The Labute approximate surface area is 114 Å². The van der Waals surface area contributed by atoms with Crippen LogP contribution in [-0.4, -0.2) is 12.6 Å². The van der Waals surface area contributed by atoms with Crippen molar-refractivity contribution < 1.29 is 13.9 Å². The van der Waals surface area contributed by atoms with Crippen LogP contribution in [0.4, 0.5) is 10.1 Å². The first-order chi connectivity index (χ1) is 9.02. The normalized spacial score (nSPS) is 10.5. The zero-order valence-corrected chi connectivity index (χ0v) is 11.5. The summed E-state index contributed by atoms with van der Waals surface area (Å²) in [6, 6.07) is 6.44. The Balaban J connectivity index is 2.44. The largest absolute Gasteiger partial charge is 0.462 e. The molecule has 100 valence electrons. The fourth-order valence-corrected chi connectivity index (χ4v) is 2.71. The summed E-state index contributed by atoms with van der Waals surface area (Å²) in [5.74, 6) is -0.799. The third kappa shape index (κ3) is 2.76. The lowest BCUT2D eigenvalue weighted by Gasteiger charge is -2.01. The van der Waals surface area contributed by atoms with Gasteiger partial charge < -0.3 is 10.5 Å². The van der Waals surface area contributed by atoms with Gasteiger partial charge in [0.15, 0.2) is 0 Å². The van der Waals surface area contributed by atoms with Crippen LogP contribution in [0.1, 0.15) is 22.2 Å². The third-order valence-electron chi connectivity index (χ3n) is 2.61. The van der Waals surface area contributed by atoms with Gasteiger partial charge in [0, 0.05) is 10.4 Å². The minimum atomic E-state index is -0.468. The summed E-state index contributed by atoms with van der Waals surface area (Å²) in [5.41, 5.74) is 7.50. The van der Waals surface area contributed by atoms with Crippen molar-refractivity contribution in [2.45, 2.75) is 13.8 Å². The zero-order chi connectivity index (χ0) is 14.0. The summed E-state index contributed by atoms with van der Waals surface area (Å²) in [4.78, 5) is 12.6. The molecule has 19 heavy (non-hydrogen) atoms. The SMILES string of the molecule is CCOC(=O)c1sc(-c2cc(C)ccc2F)cc1N. The molecule has 0 aliphatic rings. The second kappa shape index (κ2) is 5.40. The van der Waals surface area contributed by atoms with Gasteiger partial charge in [-0.05, 0) is 32.0 Å². The summed E-state index contributed by atoms with van der Waals surface area (Å²) in [6.07, 6.45) is 0. The van der Waals surface area contributed by atoms with Gasteiger partial charge in [-0.2, -0.15) is 0 Å². The molecule has 0 fully saturated rings. The minimum Gasteiger partial charge on any atom is -0.462 e. The maximum atomic E-state index is 13.8. The van der Waals surface area contributed by atoms with Gasteiger partial charge in [0.1, 0.15) is 10.7 Å². The number of thiophene rings is 1. The number of nitrogen functional groups attached to an aromatic ring is 1. The zero-order valence-electron chi connectivity index (χ0n) is 10.7. The number of anilines is 1. The van der Waals surface area contributed by atoms with Crippen LogP contribution in [0.3, 0.4) is 0 Å². The van der Waals surface area contributed by atoms with Crippen molar-refractivity contribution in [1.82, 2.24) is 0 Å². The molecule has 1 aromatic carbocycles. The highest BCUT2D eigenvalue weighted by molar-refractivity contribution is 7.18. The van der Waals surface area contributed by atoms with Crippen molar-refractivity contribution in [2.24, 2.45) is 0 Å². The Morgan fingerprint density at radius 3 is 2.84 bits per heavy atom. The lowest BCUT2D eigenvalue weighted by molar-refractivity contribution is 0.0533. The van der Waals surface area contributed by atoms with Gasteiger partial charge in [-0.25, -0.2) is 9.18 Å². The van der Waals surface area contributed by atoms with E-state index < -0.39 is 5.97 Å². The molecule has 0 aliphatic heterocycles. The van der Waals surface area contributed by atoms with E-state index in [0.29, 0.717) is 21.0 Å². The average molecular weight is 279 g/mol. The Bertz CT molecular complexity index is 622. The van der Waals surface area contributed by atoms with E-state index in [1.807, 2.05) is 6.92 Å². The number of carbonyl (C=O) groups is 1. The fourth-order valence-electron chi connectivity index (χ4n) is 1.72. The molecule has 0 saturated heterocycles. The Morgan fingerprint density at radius 2 is 2.16 bits per heavy atom. The number of hydrogen-bond donors (Lipinski definition) is 1. The molecule has 0 spiro atoms. The number of ether oxygens (including phenoxy) is 1. The van der Waals surface area contributed by atoms with Crippen LogP contribution in [0.5, 0.6) is 0 Å². The number of carbonyl (C=O) groups excluding carboxylic acids is 1. The van der Waals surface area contributed by atoms with Crippen LogP contribution < -0.4 is 5.73 Å². The van der Waals surface area contributed by atoms with Crippen molar-refractivity contribution in [1.29, 1.82) is 0 Å². The molecule has 5 heteroatoms. The molecular weight excluding hydrogens is 265 g/mol. The molecule has 0 saturated carbocycles. The Kier molecular flexibility index (Phi) is 3.85. The molecule has 2 aromatic rings. The second-order valence-electron chi connectivity index (χ2n) is 4.10. The lowest BCUT2D eigenvalue weighted by atomic mass is 10.1. The Hall–Kier alpha value is -1.88. The van der Waals surface area contributed by atoms with Gasteiger partial charge in [0.2, 0.25) is 0 Å². The van der Waals surface area contributed by atoms with Crippen LogP contribution in [0, 0.1) is 12.7 Å². The molecule has 0 unspecified atom stereocenters. The monoisotopic (exact) mass is 279 g/mol. The van der Waals surface area contributed by atoms with Crippen LogP contribution in [-0.2, 0) is 4.74 Å². The molecule has 1 heterocycles. The molecule has 1 aromatic heterocycles. The topological polar surface area (TPSA) is 52.3 Å². The molecule has 3 nitrogen and oxygen atoms in total. The number of benzene rings is 1. The number of hydrogen-bond acceptors (Lipinski definition) is 4. The van der Waals surface area contributed by atoms with Gasteiger partial charge in [-0.15, -0.1) is 11.3 Å². The third-order valence-corrected chi connectivity index (χ3v) is 3.77. The minimum absolute atomic E-state index is 0.282. The Morgan fingerprint density at radius 1 is 1.42 bits per heavy atom. The molecule has 0 aliphatic carbocycles. The molecular formula is C14H14FNO2S. The van der Waals surface area contributed by atoms with E-state index in [1.54, 1.807) is 25.1 Å². The number of rotatable bonds is 3. The molecule has 2 rings (SSSR count). The lowest BCUT2D eigenvalue weighted by Crippen LogP contribution is -2.04. The van der Waals surface area contributed by atoms with Crippen LogP contribution in [0.2, 0.25) is 0 Å². The number of nitrogens with two attached hydrogens (primary N) is 1. The van der Waals surface area contributed by atoms with Gasteiger partial charge in [0.05, 0.1) is 12.3 Å². The summed E-state index contributed by atoms with van der Waals surface area (Å²) >= 11 is 1.14. The molecule has 0 radical (unpaired) electrons. The van der Waals surface area contributed by atoms with Crippen molar-refractivity contribution in [3.8, 4) is 10.4 Å². The maximum Gasteiger partial charge on any atom is 0.350 e. The van der Waals surface area contributed by atoms with Crippen molar-refractivity contribution in [3.63, 3.8) is 0 Å². The van der Waals surface area contributed by atoms with Crippen molar-refractivity contribution in [2.75, 3.05) is 12.3 Å². The van der Waals surface area contributed by atoms with Gasteiger partial charge in [0.25, 0.3) is 0 Å².